The Morgan fingerprint density at radius 3 is 2.07 bits per heavy atom. The summed E-state index contributed by atoms with van der Waals surface area (Å²) in [5, 5.41) is 3.23. The van der Waals surface area contributed by atoms with Crippen molar-refractivity contribution in [1.29, 1.82) is 0 Å². The van der Waals surface area contributed by atoms with Gasteiger partial charge < -0.3 is 10.2 Å². The van der Waals surface area contributed by atoms with Crippen LogP contribution in [0.15, 0.2) is 60.7 Å². The lowest BCUT2D eigenvalue weighted by molar-refractivity contribution is -0.139. The second-order valence-corrected chi connectivity index (χ2v) is 8.31. The minimum atomic E-state index is -0.555. The largest absolute Gasteiger partial charge is 0.342 e. The fourth-order valence-corrected chi connectivity index (χ4v) is 4.63. The number of amides is 1. The van der Waals surface area contributed by atoms with Crippen molar-refractivity contribution in [2.45, 2.75) is 30.7 Å². The molecule has 0 bridgehead atoms. The number of benzene rings is 2. The van der Waals surface area contributed by atoms with Gasteiger partial charge in [-0.3, -0.25) is 9.69 Å². The van der Waals surface area contributed by atoms with Crippen LogP contribution in [0, 0.1) is 0 Å². The average Bonchev–Trinajstić information content (AvgIpc) is 2.74. The number of hydrogen-bond acceptors (Lipinski definition) is 3. The highest BCUT2D eigenvalue weighted by Gasteiger charge is 2.43. The molecule has 2 aromatic rings. The zero-order valence-electron chi connectivity index (χ0n) is 17.6. The van der Waals surface area contributed by atoms with E-state index in [0.717, 1.165) is 31.5 Å². The second kappa shape index (κ2) is 8.46. The topological polar surface area (TPSA) is 35.6 Å². The normalized spacial score (nSPS) is 18.7. The van der Waals surface area contributed by atoms with Crippen molar-refractivity contribution in [2.24, 2.45) is 0 Å². The van der Waals surface area contributed by atoms with Gasteiger partial charge in [0.2, 0.25) is 5.91 Å². The number of nitrogens with one attached hydrogen (secondary N) is 1. The predicted octanol–water partition coefficient (Wildman–Crippen LogP) is 3.24. The van der Waals surface area contributed by atoms with E-state index in [1.54, 1.807) is 0 Å². The zero-order chi connectivity index (χ0) is 20.2. The van der Waals surface area contributed by atoms with Gasteiger partial charge >= 0.3 is 0 Å². The van der Waals surface area contributed by atoms with Crippen LogP contribution in [0.2, 0.25) is 0 Å². The van der Waals surface area contributed by atoms with E-state index < -0.39 is 5.41 Å². The third-order valence-electron chi connectivity index (χ3n) is 6.46. The quantitative estimate of drug-likeness (QED) is 0.837. The van der Waals surface area contributed by atoms with Crippen LogP contribution in [-0.2, 0) is 15.7 Å². The van der Waals surface area contributed by atoms with Crippen LogP contribution in [0.4, 0.5) is 0 Å². The molecule has 0 spiro atoms. The molecule has 1 heterocycles. The van der Waals surface area contributed by atoms with Crippen LogP contribution >= 0.6 is 0 Å². The third kappa shape index (κ3) is 3.71. The fraction of sp³-hybridized carbons (Fsp3) is 0.458. The molecule has 0 aliphatic carbocycles. The van der Waals surface area contributed by atoms with Gasteiger partial charge in [0.15, 0.2) is 0 Å². The van der Waals surface area contributed by atoms with Gasteiger partial charge in [-0.15, -0.1) is 0 Å². The Hall–Kier alpha value is -2.17. The molecule has 2 aromatic carbocycles. The number of piperidine rings is 1. The number of carbonyl (C=O) groups is 1. The Kier molecular flexibility index (Phi) is 6.21. The van der Waals surface area contributed by atoms with E-state index in [1.807, 2.05) is 25.2 Å². The van der Waals surface area contributed by atoms with E-state index in [0.29, 0.717) is 6.54 Å². The summed E-state index contributed by atoms with van der Waals surface area (Å²) in [5.41, 5.74) is 1.85. The standard InChI is InChI=1S/C24H33N3O/c1-23(19-25-2,20-11-7-5-8-12-20)22(28)27-17-15-24(16-18-27,26(3)4)21-13-9-6-10-14-21/h5-14,25H,15-19H2,1-4H3/t23-/m1/s1. The first-order valence-electron chi connectivity index (χ1n) is 10.2. The number of likely N-dealkylation sites (N-methyl/N-ethyl adjacent to an activating group) is 1. The molecule has 0 radical (unpaired) electrons. The van der Waals surface area contributed by atoms with Crippen LogP contribution in [0.25, 0.3) is 0 Å². The Balaban J connectivity index is 1.82. The first kappa shape index (κ1) is 20.6. The summed E-state index contributed by atoms with van der Waals surface area (Å²) in [7, 11) is 6.22. The molecule has 1 amide bonds. The SMILES string of the molecule is CNC[C@@](C)(C(=O)N1CCC(c2ccccc2)(N(C)C)CC1)c1ccccc1. The molecule has 4 nitrogen and oxygen atoms in total. The molecular formula is C24H33N3O. The van der Waals surface area contributed by atoms with Crippen LogP contribution in [-0.4, -0.2) is 56.5 Å². The molecule has 1 aliphatic heterocycles. The van der Waals surface area contributed by atoms with Gasteiger partial charge in [-0.05, 0) is 52.0 Å². The molecule has 28 heavy (non-hydrogen) atoms. The van der Waals surface area contributed by atoms with Crippen molar-refractivity contribution in [3.05, 3.63) is 71.8 Å². The Bertz CT molecular complexity index is 767. The average molecular weight is 380 g/mol. The maximum Gasteiger partial charge on any atom is 0.234 e. The maximum absolute atomic E-state index is 13.6. The first-order chi connectivity index (χ1) is 13.4. The van der Waals surface area contributed by atoms with E-state index in [2.05, 4.69) is 78.6 Å². The Morgan fingerprint density at radius 2 is 1.57 bits per heavy atom. The van der Waals surface area contributed by atoms with Crippen LogP contribution in [0.1, 0.15) is 30.9 Å². The molecule has 1 aliphatic rings. The Labute approximate surface area is 169 Å². The smallest absolute Gasteiger partial charge is 0.234 e. The molecule has 0 saturated carbocycles. The van der Waals surface area contributed by atoms with Crippen molar-refractivity contribution in [3.63, 3.8) is 0 Å². The van der Waals surface area contributed by atoms with Crippen LogP contribution < -0.4 is 5.32 Å². The number of nitrogens with zero attached hydrogens (tertiary/aromatic N) is 2. The van der Waals surface area contributed by atoms with Crippen molar-refractivity contribution >= 4 is 5.91 Å². The molecule has 4 heteroatoms. The second-order valence-electron chi connectivity index (χ2n) is 8.31. The highest BCUT2D eigenvalue weighted by molar-refractivity contribution is 5.88. The molecule has 1 N–H and O–H groups in total. The molecule has 150 valence electrons. The van der Waals surface area contributed by atoms with Gasteiger partial charge in [-0.25, -0.2) is 0 Å². The molecule has 0 aromatic heterocycles. The summed E-state index contributed by atoms with van der Waals surface area (Å²) in [6.45, 7) is 4.24. The van der Waals surface area contributed by atoms with E-state index in [4.69, 9.17) is 0 Å². The van der Waals surface area contributed by atoms with Crippen molar-refractivity contribution < 1.29 is 4.79 Å². The first-order valence-corrected chi connectivity index (χ1v) is 10.2. The van der Waals surface area contributed by atoms with E-state index in [9.17, 15) is 4.79 Å². The number of likely N-dealkylation sites (tertiary alicyclic amines) is 1. The fourth-order valence-electron chi connectivity index (χ4n) is 4.63. The summed E-state index contributed by atoms with van der Waals surface area (Å²) < 4.78 is 0. The molecule has 1 atom stereocenters. The lowest BCUT2D eigenvalue weighted by atomic mass is 9.77. The predicted molar refractivity (Wildman–Crippen MR) is 115 cm³/mol. The van der Waals surface area contributed by atoms with Gasteiger partial charge in [0.1, 0.15) is 0 Å². The van der Waals surface area contributed by atoms with Gasteiger partial charge in [-0.1, -0.05) is 60.7 Å². The van der Waals surface area contributed by atoms with Gasteiger partial charge in [-0.2, -0.15) is 0 Å². The lowest BCUT2D eigenvalue weighted by Crippen LogP contribution is -2.56. The van der Waals surface area contributed by atoms with Crippen molar-refractivity contribution in [3.8, 4) is 0 Å². The molecule has 0 unspecified atom stereocenters. The van der Waals surface area contributed by atoms with E-state index in [1.165, 1.54) is 5.56 Å². The summed E-state index contributed by atoms with van der Waals surface area (Å²) in [5.74, 6) is 0.216. The molecular weight excluding hydrogens is 346 g/mol. The zero-order valence-corrected chi connectivity index (χ0v) is 17.6. The highest BCUT2D eigenvalue weighted by atomic mass is 16.2. The minimum absolute atomic E-state index is 0.00973. The monoisotopic (exact) mass is 379 g/mol. The maximum atomic E-state index is 13.6. The number of hydrogen-bond donors (Lipinski definition) is 1. The van der Waals surface area contributed by atoms with Crippen LogP contribution in [0.3, 0.4) is 0 Å². The van der Waals surface area contributed by atoms with Crippen LogP contribution in [0.5, 0.6) is 0 Å². The molecule has 1 fully saturated rings. The van der Waals surface area contributed by atoms with Crippen molar-refractivity contribution in [2.75, 3.05) is 40.8 Å². The summed E-state index contributed by atoms with van der Waals surface area (Å²) in [4.78, 5) is 18.0. The Morgan fingerprint density at radius 1 is 1.04 bits per heavy atom. The van der Waals surface area contributed by atoms with Gasteiger partial charge in [0.05, 0.1) is 5.41 Å². The number of carbonyl (C=O) groups excluding carboxylic acids is 1. The van der Waals surface area contributed by atoms with Gasteiger partial charge in [0, 0.05) is 25.2 Å². The molecule has 3 rings (SSSR count). The molecule has 1 saturated heterocycles. The third-order valence-corrected chi connectivity index (χ3v) is 6.46. The van der Waals surface area contributed by atoms with E-state index >= 15 is 0 Å². The highest BCUT2D eigenvalue weighted by Crippen LogP contribution is 2.38. The van der Waals surface area contributed by atoms with E-state index in [-0.39, 0.29) is 11.4 Å². The number of rotatable bonds is 6. The van der Waals surface area contributed by atoms with Gasteiger partial charge in [0.25, 0.3) is 0 Å². The lowest BCUT2D eigenvalue weighted by Gasteiger charge is -2.48. The summed E-state index contributed by atoms with van der Waals surface area (Å²) in [6.07, 6.45) is 1.89. The minimum Gasteiger partial charge on any atom is -0.342 e. The summed E-state index contributed by atoms with van der Waals surface area (Å²) in [6, 6.07) is 20.9. The summed E-state index contributed by atoms with van der Waals surface area (Å²) >= 11 is 0. The van der Waals surface area contributed by atoms with Crippen molar-refractivity contribution in [1.82, 2.24) is 15.1 Å².